The van der Waals surface area contributed by atoms with Gasteiger partial charge in [0, 0.05) is 12.1 Å². The number of hydrogen-bond donors (Lipinski definition) is 2. The largest absolute Gasteiger partial charge is 0.451 e. The van der Waals surface area contributed by atoms with Crippen LogP contribution in [-0.2, 0) is 6.18 Å². The van der Waals surface area contributed by atoms with Crippen molar-refractivity contribution in [2.75, 3.05) is 13.1 Å². The zero-order valence-corrected chi connectivity index (χ0v) is 12.6. The minimum Gasteiger partial charge on any atom is -0.451 e. The second-order valence-corrected chi connectivity index (χ2v) is 5.68. The highest BCUT2D eigenvalue weighted by atomic mass is 19.4. The third kappa shape index (κ3) is 3.43. The van der Waals surface area contributed by atoms with E-state index in [1.165, 1.54) is 0 Å². The summed E-state index contributed by atoms with van der Waals surface area (Å²) in [7, 11) is 0. The van der Waals surface area contributed by atoms with Gasteiger partial charge in [-0.15, -0.1) is 0 Å². The van der Waals surface area contributed by atoms with Crippen molar-refractivity contribution in [3.63, 3.8) is 0 Å². The van der Waals surface area contributed by atoms with Gasteiger partial charge in [-0.25, -0.2) is 0 Å². The number of carbonyl (C=O) groups excluding carboxylic acids is 1. The molecule has 1 aromatic carbocycles. The monoisotopic (exact) mass is 340 g/mol. The van der Waals surface area contributed by atoms with Gasteiger partial charge in [0.25, 0.3) is 5.91 Å². The molecule has 0 aliphatic carbocycles. The van der Waals surface area contributed by atoms with E-state index < -0.39 is 23.1 Å². The number of fused-ring (bicyclic) bond motifs is 1. The van der Waals surface area contributed by atoms with Crippen LogP contribution < -0.4 is 16.1 Å². The van der Waals surface area contributed by atoms with Crippen LogP contribution >= 0.6 is 0 Å². The summed E-state index contributed by atoms with van der Waals surface area (Å²) < 4.78 is 43.6. The van der Waals surface area contributed by atoms with Crippen LogP contribution in [0.3, 0.4) is 0 Å². The Kier molecular flexibility index (Phi) is 4.31. The number of halogens is 3. The molecule has 5 nitrogen and oxygen atoms in total. The molecule has 2 aromatic rings. The number of piperidine rings is 1. The predicted octanol–water partition coefficient (Wildman–Crippen LogP) is 2.29. The van der Waals surface area contributed by atoms with Crippen LogP contribution in [0.2, 0.25) is 0 Å². The lowest BCUT2D eigenvalue weighted by molar-refractivity contribution is -0.137. The Bertz CT molecular complexity index is 823. The molecule has 1 fully saturated rings. The van der Waals surface area contributed by atoms with Gasteiger partial charge in [0.05, 0.1) is 10.9 Å². The topological polar surface area (TPSA) is 71.3 Å². The molecule has 0 radical (unpaired) electrons. The van der Waals surface area contributed by atoms with Crippen LogP contribution in [0.5, 0.6) is 0 Å². The van der Waals surface area contributed by atoms with Crippen molar-refractivity contribution in [2.45, 2.75) is 25.1 Å². The molecule has 3 rings (SSSR count). The Labute approximate surface area is 134 Å². The van der Waals surface area contributed by atoms with Gasteiger partial charge in [-0.3, -0.25) is 9.59 Å². The normalized spacial score (nSPS) is 16.3. The Morgan fingerprint density at radius 2 is 1.92 bits per heavy atom. The van der Waals surface area contributed by atoms with Gasteiger partial charge in [0.2, 0.25) is 0 Å². The summed E-state index contributed by atoms with van der Waals surface area (Å²) in [6.07, 6.45) is -3.08. The zero-order chi connectivity index (χ0) is 17.3. The highest BCUT2D eigenvalue weighted by molar-refractivity contribution is 5.93. The molecule has 128 valence electrons. The van der Waals surface area contributed by atoms with Crippen LogP contribution in [0.4, 0.5) is 13.2 Å². The van der Waals surface area contributed by atoms with Gasteiger partial charge in [-0.2, -0.15) is 13.2 Å². The quantitative estimate of drug-likeness (QED) is 0.880. The van der Waals surface area contributed by atoms with Crippen LogP contribution in [0.15, 0.2) is 33.5 Å². The number of hydrogen-bond acceptors (Lipinski definition) is 4. The van der Waals surface area contributed by atoms with Gasteiger partial charge in [0.1, 0.15) is 5.58 Å². The van der Waals surface area contributed by atoms with E-state index >= 15 is 0 Å². The van der Waals surface area contributed by atoms with Crippen molar-refractivity contribution < 1.29 is 22.4 Å². The summed E-state index contributed by atoms with van der Waals surface area (Å²) in [6, 6.07) is 3.55. The fourth-order valence-corrected chi connectivity index (χ4v) is 2.67. The third-order valence-corrected chi connectivity index (χ3v) is 3.95. The van der Waals surface area contributed by atoms with Gasteiger partial charge in [-0.1, -0.05) is 0 Å². The Morgan fingerprint density at radius 3 is 2.58 bits per heavy atom. The first-order chi connectivity index (χ1) is 11.3. The van der Waals surface area contributed by atoms with E-state index in [1.54, 1.807) is 0 Å². The standard InChI is InChI=1S/C16H15F3N2O3/c17-16(18,19)9-1-2-11-12(22)8-14(24-13(11)7-9)15(23)21-10-3-5-20-6-4-10/h1-2,7-8,10,20H,3-6H2,(H,21,23). The number of alkyl halides is 3. The lowest BCUT2D eigenvalue weighted by Crippen LogP contribution is -2.42. The average molecular weight is 340 g/mol. The van der Waals surface area contributed by atoms with Crippen molar-refractivity contribution in [1.29, 1.82) is 0 Å². The van der Waals surface area contributed by atoms with Gasteiger partial charge >= 0.3 is 6.18 Å². The maximum atomic E-state index is 12.8. The number of carbonyl (C=O) groups is 1. The lowest BCUT2D eigenvalue weighted by Gasteiger charge is -2.23. The van der Waals surface area contributed by atoms with E-state index in [9.17, 15) is 22.8 Å². The molecule has 2 heterocycles. The Morgan fingerprint density at radius 1 is 1.21 bits per heavy atom. The molecule has 0 bridgehead atoms. The van der Waals surface area contributed by atoms with Gasteiger partial charge in [-0.05, 0) is 44.1 Å². The number of amides is 1. The number of benzene rings is 1. The average Bonchev–Trinajstić information content (AvgIpc) is 2.54. The molecule has 1 aliphatic heterocycles. The molecular formula is C16H15F3N2O3. The van der Waals surface area contributed by atoms with Crippen molar-refractivity contribution >= 4 is 16.9 Å². The van der Waals surface area contributed by atoms with E-state index in [4.69, 9.17) is 4.42 Å². The molecule has 1 aliphatic rings. The summed E-state index contributed by atoms with van der Waals surface area (Å²) in [5, 5.41) is 5.89. The SMILES string of the molecule is O=C(NC1CCNCC1)c1cc(=O)c2ccc(C(F)(F)F)cc2o1. The minimum atomic E-state index is -4.56. The summed E-state index contributed by atoms with van der Waals surface area (Å²) >= 11 is 0. The van der Waals surface area contributed by atoms with Crippen LogP contribution in [-0.4, -0.2) is 25.0 Å². The van der Waals surface area contributed by atoms with E-state index in [2.05, 4.69) is 10.6 Å². The fourth-order valence-electron chi connectivity index (χ4n) is 2.67. The maximum absolute atomic E-state index is 12.8. The molecule has 1 amide bonds. The smallest absolute Gasteiger partial charge is 0.416 e. The molecule has 1 saturated heterocycles. The molecule has 0 saturated carbocycles. The first-order valence-corrected chi connectivity index (χ1v) is 7.51. The maximum Gasteiger partial charge on any atom is 0.416 e. The second kappa shape index (κ2) is 6.27. The summed E-state index contributed by atoms with van der Waals surface area (Å²) in [5.41, 5.74) is -1.75. The van der Waals surface area contributed by atoms with Gasteiger partial charge < -0.3 is 15.1 Å². The van der Waals surface area contributed by atoms with Crippen LogP contribution in [0.1, 0.15) is 29.0 Å². The predicted molar refractivity (Wildman–Crippen MR) is 80.8 cm³/mol. The van der Waals surface area contributed by atoms with Gasteiger partial charge in [0.15, 0.2) is 11.2 Å². The molecular weight excluding hydrogens is 325 g/mol. The van der Waals surface area contributed by atoms with E-state index in [0.29, 0.717) is 0 Å². The molecule has 24 heavy (non-hydrogen) atoms. The summed E-state index contributed by atoms with van der Waals surface area (Å²) in [5.74, 6) is -0.885. The minimum absolute atomic E-state index is 0.00131. The lowest BCUT2D eigenvalue weighted by atomic mass is 10.1. The molecule has 8 heteroatoms. The fraction of sp³-hybridized carbons (Fsp3) is 0.375. The molecule has 2 N–H and O–H groups in total. The zero-order valence-electron chi connectivity index (χ0n) is 12.6. The molecule has 0 atom stereocenters. The number of nitrogens with one attached hydrogen (secondary N) is 2. The summed E-state index contributed by atoms with van der Waals surface area (Å²) in [4.78, 5) is 24.2. The first kappa shape index (κ1) is 16.5. The van der Waals surface area contributed by atoms with Crippen molar-refractivity contribution in [1.82, 2.24) is 10.6 Å². The highest BCUT2D eigenvalue weighted by Gasteiger charge is 2.31. The Hall–Kier alpha value is -2.35. The first-order valence-electron chi connectivity index (χ1n) is 7.51. The molecule has 0 unspecified atom stereocenters. The van der Waals surface area contributed by atoms with Crippen molar-refractivity contribution in [3.05, 3.63) is 45.8 Å². The highest BCUT2D eigenvalue weighted by Crippen LogP contribution is 2.31. The second-order valence-electron chi connectivity index (χ2n) is 5.68. The molecule has 1 aromatic heterocycles. The summed E-state index contributed by atoms with van der Waals surface area (Å²) in [6.45, 7) is 1.53. The van der Waals surface area contributed by atoms with E-state index in [1.807, 2.05) is 0 Å². The van der Waals surface area contributed by atoms with E-state index in [0.717, 1.165) is 50.2 Å². The van der Waals surface area contributed by atoms with E-state index in [-0.39, 0.29) is 22.8 Å². The van der Waals surface area contributed by atoms with Crippen molar-refractivity contribution in [2.24, 2.45) is 0 Å². The van der Waals surface area contributed by atoms with Crippen molar-refractivity contribution in [3.8, 4) is 0 Å². The molecule has 0 spiro atoms. The van der Waals surface area contributed by atoms with Crippen LogP contribution in [0.25, 0.3) is 11.0 Å². The number of rotatable bonds is 2. The Balaban J connectivity index is 1.93. The van der Waals surface area contributed by atoms with Crippen LogP contribution in [0, 0.1) is 0 Å². The third-order valence-electron chi connectivity index (χ3n) is 3.95.